The summed E-state index contributed by atoms with van der Waals surface area (Å²) in [6, 6.07) is 21.5. The molecule has 0 fully saturated rings. The van der Waals surface area contributed by atoms with Crippen LogP contribution in [0, 0.1) is 22.7 Å². The smallest absolute Gasteiger partial charge is 0.228 e. The highest BCUT2D eigenvalue weighted by Crippen LogP contribution is 2.19. The number of nitriles is 2. The zero-order chi connectivity index (χ0) is 15.8. The predicted molar refractivity (Wildman–Crippen MR) is 83.4 cm³/mol. The van der Waals surface area contributed by atoms with Gasteiger partial charge in [-0.05, 0) is 16.7 Å². The topological polar surface area (TPSA) is 67.9 Å². The molecule has 108 valence electrons. The first kappa shape index (κ1) is 15.3. The molecule has 0 radical (unpaired) electrons. The van der Waals surface area contributed by atoms with E-state index in [0.29, 0.717) is 0 Å². The van der Waals surface area contributed by atoms with Crippen molar-refractivity contribution in [3.05, 3.63) is 60.2 Å². The number of rotatable bonds is 5. The molecule has 0 aromatic heterocycles. The van der Waals surface area contributed by atoms with E-state index in [1.807, 2.05) is 66.7 Å². The molecule has 22 heavy (non-hydrogen) atoms. The molecule has 0 aliphatic carbocycles. The summed E-state index contributed by atoms with van der Waals surface area (Å²) in [7, 11) is 0. The molecule has 0 saturated heterocycles. The number of carbonyl (C=O) groups is 1. The lowest BCUT2D eigenvalue weighted by Gasteiger charge is -2.15. The van der Waals surface area contributed by atoms with Crippen LogP contribution < -0.4 is 0 Å². The molecule has 0 bridgehead atoms. The average molecular weight is 289 g/mol. The summed E-state index contributed by atoms with van der Waals surface area (Å²) in [5.74, 6) is -0.212. The van der Waals surface area contributed by atoms with Gasteiger partial charge in [0.15, 0.2) is 0 Å². The van der Waals surface area contributed by atoms with Crippen LogP contribution in [0.4, 0.5) is 0 Å². The highest BCUT2D eigenvalue weighted by molar-refractivity contribution is 5.79. The summed E-state index contributed by atoms with van der Waals surface area (Å²) < 4.78 is 0. The fourth-order valence-electron chi connectivity index (χ4n) is 2.14. The van der Waals surface area contributed by atoms with Gasteiger partial charge in [0.25, 0.3) is 0 Å². The maximum absolute atomic E-state index is 12.1. The van der Waals surface area contributed by atoms with E-state index >= 15 is 0 Å². The standard InChI is InChI=1S/C18H15N3O/c19-10-12-21(13-11-20)18(22)14-15-6-8-17(9-7-15)16-4-2-1-3-5-16/h1-9H,12-14H2. The van der Waals surface area contributed by atoms with Crippen molar-refractivity contribution < 1.29 is 4.79 Å². The second kappa shape index (κ2) is 7.61. The lowest BCUT2D eigenvalue weighted by molar-refractivity contribution is -0.129. The Morgan fingerprint density at radius 3 is 1.95 bits per heavy atom. The largest absolute Gasteiger partial charge is 0.316 e. The minimum absolute atomic E-state index is 0.0610. The third-order valence-corrected chi connectivity index (χ3v) is 3.29. The van der Waals surface area contributed by atoms with Crippen LogP contribution in [-0.4, -0.2) is 23.9 Å². The molecule has 0 N–H and O–H groups in total. The normalized spacial score (nSPS) is 9.55. The number of carbonyl (C=O) groups excluding carboxylic acids is 1. The lowest BCUT2D eigenvalue weighted by Crippen LogP contribution is -2.33. The van der Waals surface area contributed by atoms with E-state index < -0.39 is 0 Å². The van der Waals surface area contributed by atoms with Gasteiger partial charge in [-0.3, -0.25) is 4.79 Å². The van der Waals surface area contributed by atoms with E-state index in [1.54, 1.807) is 0 Å². The maximum Gasteiger partial charge on any atom is 0.228 e. The molecule has 0 saturated carbocycles. The first-order valence-electron chi connectivity index (χ1n) is 6.90. The quantitative estimate of drug-likeness (QED) is 0.795. The average Bonchev–Trinajstić information content (AvgIpc) is 2.56. The van der Waals surface area contributed by atoms with Crippen LogP contribution >= 0.6 is 0 Å². The Balaban J connectivity index is 2.07. The molecule has 0 spiro atoms. The minimum Gasteiger partial charge on any atom is -0.316 e. The molecule has 0 heterocycles. The van der Waals surface area contributed by atoms with Gasteiger partial charge >= 0.3 is 0 Å². The van der Waals surface area contributed by atoms with Gasteiger partial charge < -0.3 is 4.90 Å². The Kier molecular flexibility index (Phi) is 5.29. The number of hydrogen-bond acceptors (Lipinski definition) is 3. The van der Waals surface area contributed by atoms with Crippen LogP contribution in [0.25, 0.3) is 11.1 Å². The predicted octanol–water partition coefficient (Wildman–Crippen LogP) is 2.77. The maximum atomic E-state index is 12.1. The van der Waals surface area contributed by atoms with E-state index in [4.69, 9.17) is 10.5 Å². The van der Waals surface area contributed by atoms with Gasteiger partial charge in [-0.25, -0.2) is 0 Å². The van der Waals surface area contributed by atoms with Gasteiger partial charge in [-0.15, -0.1) is 0 Å². The van der Waals surface area contributed by atoms with Crippen molar-refractivity contribution in [3.63, 3.8) is 0 Å². The van der Waals surface area contributed by atoms with Crippen LogP contribution in [-0.2, 0) is 11.2 Å². The third-order valence-electron chi connectivity index (χ3n) is 3.29. The molecule has 0 aliphatic rings. The van der Waals surface area contributed by atoms with Crippen LogP contribution in [0.15, 0.2) is 54.6 Å². The summed E-state index contributed by atoms with van der Waals surface area (Å²) >= 11 is 0. The van der Waals surface area contributed by atoms with Crippen LogP contribution in [0.3, 0.4) is 0 Å². The van der Waals surface area contributed by atoms with E-state index in [2.05, 4.69) is 0 Å². The summed E-state index contributed by atoms with van der Waals surface area (Å²) in [6.07, 6.45) is 0.193. The van der Waals surface area contributed by atoms with Crippen molar-refractivity contribution in [3.8, 4) is 23.3 Å². The van der Waals surface area contributed by atoms with E-state index in [9.17, 15) is 4.79 Å². The first-order valence-corrected chi connectivity index (χ1v) is 6.90. The second-order valence-electron chi connectivity index (χ2n) is 4.81. The zero-order valence-electron chi connectivity index (χ0n) is 12.1. The monoisotopic (exact) mass is 289 g/mol. The Labute approximate surface area is 129 Å². The number of hydrogen-bond donors (Lipinski definition) is 0. The zero-order valence-corrected chi connectivity index (χ0v) is 12.1. The molecule has 2 aromatic carbocycles. The minimum atomic E-state index is -0.212. The lowest BCUT2D eigenvalue weighted by atomic mass is 10.0. The summed E-state index contributed by atoms with van der Waals surface area (Å²) in [5, 5.41) is 17.4. The number of amides is 1. The molecule has 0 atom stereocenters. The van der Waals surface area contributed by atoms with E-state index in [1.165, 1.54) is 4.90 Å². The molecule has 2 aromatic rings. The Morgan fingerprint density at radius 1 is 0.864 bits per heavy atom. The SMILES string of the molecule is N#CCN(CC#N)C(=O)Cc1ccc(-c2ccccc2)cc1. The Bertz CT molecular complexity index is 693. The van der Waals surface area contributed by atoms with Crippen molar-refractivity contribution in [1.82, 2.24) is 4.90 Å². The third kappa shape index (κ3) is 3.94. The fourth-order valence-corrected chi connectivity index (χ4v) is 2.14. The van der Waals surface area contributed by atoms with Crippen LogP contribution in [0.5, 0.6) is 0 Å². The summed E-state index contributed by atoms with van der Waals surface area (Å²) in [4.78, 5) is 13.3. The van der Waals surface area contributed by atoms with Crippen molar-refractivity contribution in [2.75, 3.05) is 13.1 Å². The second-order valence-corrected chi connectivity index (χ2v) is 4.81. The fraction of sp³-hybridized carbons (Fsp3) is 0.167. The van der Waals surface area contributed by atoms with Crippen molar-refractivity contribution >= 4 is 5.91 Å². The highest BCUT2D eigenvalue weighted by atomic mass is 16.2. The summed E-state index contributed by atoms with van der Waals surface area (Å²) in [5.41, 5.74) is 3.07. The number of nitrogens with zero attached hydrogens (tertiary/aromatic N) is 3. The number of benzene rings is 2. The van der Waals surface area contributed by atoms with Crippen molar-refractivity contribution in [2.45, 2.75) is 6.42 Å². The van der Waals surface area contributed by atoms with Crippen LogP contribution in [0.2, 0.25) is 0 Å². The van der Waals surface area contributed by atoms with Crippen molar-refractivity contribution in [1.29, 1.82) is 10.5 Å². The highest BCUT2D eigenvalue weighted by Gasteiger charge is 2.13. The van der Waals surface area contributed by atoms with Gasteiger partial charge in [-0.1, -0.05) is 54.6 Å². The van der Waals surface area contributed by atoms with Gasteiger partial charge in [0.05, 0.1) is 18.6 Å². The molecular formula is C18H15N3O. The molecule has 0 unspecified atom stereocenters. The molecule has 0 aliphatic heterocycles. The molecule has 4 heteroatoms. The Morgan fingerprint density at radius 2 is 1.41 bits per heavy atom. The molecule has 4 nitrogen and oxygen atoms in total. The van der Waals surface area contributed by atoms with E-state index in [-0.39, 0.29) is 25.4 Å². The van der Waals surface area contributed by atoms with Gasteiger partial charge in [-0.2, -0.15) is 10.5 Å². The summed E-state index contributed by atoms with van der Waals surface area (Å²) in [6.45, 7) is -0.122. The molecule has 2 rings (SSSR count). The van der Waals surface area contributed by atoms with Gasteiger partial charge in [0.1, 0.15) is 13.1 Å². The van der Waals surface area contributed by atoms with Gasteiger partial charge in [0.2, 0.25) is 5.91 Å². The first-order chi connectivity index (χ1) is 10.7. The van der Waals surface area contributed by atoms with E-state index in [0.717, 1.165) is 16.7 Å². The Hall–Kier alpha value is -3.11. The van der Waals surface area contributed by atoms with Crippen molar-refractivity contribution in [2.24, 2.45) is 0 Å². The molecular weight excluding hydrogens is 274 g/mol. The molecule has 1 amide bonds. The van der Waals surface area contributed by atoms with Gasteiger partial charge in [0, 0.05) is 0 Å². The van der Waals surface area contributed by atoms with Crippen LogP contribution in [0.1, 0.15) is 5.56 Å².